The fraction of sp³-hybridized carbons (Fsp3) is 0.133. The van der Waals surface area contributed by atoms with Crippen LogP contribution in [0.15, 0.2) is 40.9 Å². The second kappa shape index (κ2) is 6.03. The molecule has 0 fully saturated rings. The van der Waals surface area contributed by atoms with Gasteiger partial charge in [-0.05, 0) is 24.3 Å². The van der Waals surface area contributed by atoms with Crippen LogP contribution in [0.3, 0.4) is 0 Å². The molecule has 0 aliphatic heterocycles. The SMILES string of the molecule is Fc1cccc(-c2noc3c(Cl)c(OCCBr)ccc23)c1. The van der Waals surface area contributed by atoms with E-state index in [1.807, 2.05) is 6.07 Å². The molecule has 1 heterocycles. The Bertz CT molecular complexity index is 790. The number of nitrogens with zero attached hydrogens (tertiary/aromatic N) is 1. The van der Waals surface area contributed by atoms with Gasteiger partial charge < -0.3 is 9.26 Å². The van der Waals surface area contributed by atoms with Crippen molar-refractivity contribution in [3.8, 4) is 17.0 Å². The minimum Gasteiger partial charge on any atom is -0.491 e. The maximum absolute atomic E-state index is 13.3. The highest BCUT2D eigenvalue weighted by atomic mass is 79.9. The Hall–Kier alpha value is -1.59. The van der Waals surface area contributed by atoms with Crippen molar-refractivity contribution in [1.29, 1.82) is 0 Å². The first kappa shape index (κ1) is 14.4. The third-order valence-electron chi connectivity index (χ3n) is 2.98. The summed E-state index contributed by atoms with van der Waals surface area (Å²) in [6, 6.07) is 9.74. The standard InChI is InChI=1S/C15H10BrClFNO2/c16-6-7-20-12-5-4-11-14(19-21-15(11)13(12)17)9-2-1-3-10(18)8-9/h1-5,8H,6-7H2. The number of fused-ring (bicyclic) bond motifs is 1. The van der Waals surface area contributed by atoms with E-state index in [2.05, 4.69) is 21.1 Å². The van der Waals surface area contributed by atoms with E-state index in [-0.39, 0.29) is 5.82 Å². The number of alkyl halides is 1. The van der Waals surface area contributed by atoms with Crippen molar-refractivity contribution >= 4 is 38.5 Å². The first-order chi connectivity index (χ1) is 10.2. The zero-order chi connectivity index (χ0) is 14.8. The van der Waals surface area contributed by atoms with E-state index in [9.17, 15) is 4.39 Å². The third kappa shape index (κ3) is 2.76. The Morgan fingerprint density at radius 2 is 2.14 bits per heavy atom. The predicted octanol–water partition coefficient (Wildman–Crippen LogP) is 5.06. The van der Waals surface area contributed by atoms with Crippen molar-refractivity contribution in [3.63, 3.8) is 0 Å². The van der Waals surface area contributed by atoms with E-state index in [4.69, 9.17) is 20.9 Å². The Morgan fingerprint density at radius 1 is 1.29 bits per heavy atom. The molecule has 1 aromatic heterocycles. The van der Waals surface area contributed by atoms with Gasteiger partial charge >= 0.3 is 0 Å². The molecule has 6 heteroatoms. The quantitative estimate of drug-likeness (QED) is 0.602. The van der Waals surface area contributed by atoms with E-state index in [1.54, 1.807) is 18.2 Å². The highest BCUT2D eigenvalue weighted by Gasteiger charge is 2.16. The molecule has 0 N–H and O–H groups in total. The molecule has 3 rings (SSSR count). The summed E-state index contributed by atoms with van der Waals surface area (Å²) in [6.07, 6.45) is 0. The summed E-state index contributed by atoms with van der Waals surface area (Å²) < 4.78 is 24.1. The molecule has 0 saturated carbocycles. The summed E-state index contributed by atoms with van der Waals surface area (Å²) >= 11 is 9.54. The number of rotatable bonds is 4. The fourth-order valence-corrected chi connectivity index (χ4v) is 2.47. The molecule has 0 saturated heterocycles. The molecule has 0 aliphatic rings. The van der Waals surface area contributed by atoms with Crippen LogP contribution in [0, 0.1) is 5.82 Å². The van der Waals surface area contributed by atoms with Crippen LogP contribution < -0.4 is 4.74 Å². The number of ether oxygens (including phenoxy) is 1. The first-order valence-electron chi connectivity index (χ1n) is 6.23. The van der Waals surface area contributed by atoms with Crippen molar-refractivity contribution < 1.29 is 13.7 Å². The maximum Gasteiger partial charge on any atom is 0.189 e. The average Bonchev–Trinajstić information content (AvgIpc) is 2.91. The predicted molar refractivity (Wildman–Crippen MR) is 83.7 cm³/mol. The second-order valence-electron chi connectivity index (χ2n) is 4.33. The van der Waals surface area contributed by atoms with Gasteiger partial charge in [0.15, 0.2) is 5.58 Å². The first-order valence-corrected chi connectivity index (χ1v) is 7.73. The highest BCUT2D eigenvalue weighted by molar-refractivity contribution is 9.09. The van der Waals surface area contributed by atoms with Crippen LogP contribution in [0.4, 0.5) is 4.39 Å². The third-order valence-corrected chi connectivity index (χ3v) is 3.66. The molecule has 0 amide bonds. The van der Waals surface area contributed by atoms with E-state index in [0.717, 1.165) is 5.39 Å². The number of hydrogen-bond acceptors (Lipinski definition) is 3. The topological polar surface area (TPSA) is 35.3 Å². The van der Waals surface area contributed by atoms with Crippen molar-refractivity contribution in [2.45, 2.75) is 0 Å². The summed E-state index contributed by atoms with van der Waals surface area (Å²) in [7, 11) is 0. The van der Waals surface area contributed by atoms with E-state index in [0.29, 0.717) is 39.5 Å². The number of aromatic nitrogens is 1. The Morgan fingerprint density at radius 3 is 2.90 bits per heavy atom. The van der Waals surface area contributed by atoms with E-state index >= 15 is 0 Å². The molecule has 0 unspecified atom stereocenters. The van der Waals surface area contributed by atoms with Crippen molar-refractivity contribution in [2.75, 3.05) is 11.9 Å². The molecule has 0 radical (unpaired) electrons. The lowest BCUT2D eigenvalue weighted by Crippen LogP contribution is -1.98. The van der Waals surface area contributed by atoms with Crippen LogP contribution in [0.5, 0.6) is 5.75 Å². The second-order valence-corrected chi connectivity index (χ2v) is 5.50. The van der Waals surface area contributed by atoms with Crippen molar-refractivity contribution in [3.05, 3.63) is 47.2 Å². The zero-order valence-electron chi connectivity index (χ0n) is 10.8. The summed E-state index contributed by atoms with van der Waals surface area (Å²) in [5, 5.41) is 5.78. The molecule has 0 spiro atoms. The summed E-state index contributed by atoms with van der Waals surface area (Å²) in [4.78, 5) is 0. The fourth-order valence-electron chi connectivity index (χ4n) is 2.06. The van der Waals surface area contributed by atoms with Crippen LogP contribution in [0.1, 0.15) is 0 Å². The van der Waals surface area contributed by atoms with Gasteiger partial charge in [0.2, 0.25) is 0 Å². The van der Waals surface area contributed by atoms with Crippen molar-refractivity contribution in [1.82, 2.24) is 5.16 Å². The molecule has 3 nitrogen and oxygen atoms in total. The monoisotopic (exact) mass is 369 g/mol. The number of benzene rings is 2. The number of halogens is 3. The molecule has 108 valence electrons. The maximum atomic E-state index is 13.3. The zero-order valence-corrected chi connectivity index (χ0v) is 13.1. The Balaban J connectivity index is 2.09. The van der Waals surface area contributed by atoms with Crippen LogP contribution in [0.2, 0.25) is 5.02 Å². The van der Waals surface area contributed by atoms with Crippen LogP contribution >= 0.6 is 27.5 Å². The van der Waals surface area contributed by atoms with Gasteiger partial charge in [-0.1, -0.05) is 44.8 Å². The van der Waals surface area contributed by atoms with Gasteiger partial charge in [-0.3, -0.25) is 0 Å². The Labute approximate surface area is 133 Å². The summed E-state index contributed by atoms with van der Waals surface area (Å²) in [5.74, 6) is 0.206. The normalized spacial score (nSPS) is 11.0. The molecule has 0 bridgehead atoms. The molecule has 2 aromatic carbocycles. The minimum atomic E-state index is -0.327. The van der Waals surface area contributed by atoms with Crippen LogP contribution in [-0.4, -0.2) is 17.1 Å². The van der Waals surface area contributed by atoms with Gasteiger partial charge in [0.1, 0.15) is 22.3 Å². The lowest BCUT2D eigenvalue weighted by atomic mass is 10.1. The Kier molecular flexibility index (Phi) is 4.12. The molecular formula is C15H10BrClFNO2. The minimum absolute atomic E-state index is 0.327. The van der Waals surface area contributed by atoms with Crippen LogP contribution in [-0.2, 0) is 0 Å². The van der Waals surface area contributed by atoms with E-state index in [1.165, 1.54) is 12.1 Å². The molecule has 0 atom stereocenters. The molecule has 3 aromatic rings. The molecular weight excluding hydrogens is 361 g/mol. The lowest BCUT2D eigenvalue weighted by Gasteiger charge is -2.05. The van der Waals surface area contributed by atoms with Crippen molar-refractivity contribution in [2.24, 2.45) is 0 Å². The summed E-state index contributed by atoms with van der Waals surface area (Å²) in [6.45, 7) is 0.496. The van der Waals surface area contributed by atoms with Gasteiger partial charge in [0.25, 0.3) is 0 Å². The van der Waals surface area contributed by atoms with Gasteiger partial charge in [0.05, 0.1) is 12.0 Å². The van der Waals surface area contributed by atoms with Crippen LogP contribution in [0.25, 0.3) is 22.2 Å². The highest BCUT2D eigenvalue weighted by Crippen LogP contribution is 2.37. The number of hydrogen-bond donors (Lipinski definition) is 0. The van der Waals surface area contributed by atoms with Gasteiger partial charge in [-0.15, -0.1) is 0 Å². The molecule has 21 heavy (non-hydrogen) atoms. The summed E-state index contributed by atoms with van der Waals surface area (Å²) in [5.41, 5.74) is 1.63. The largest absolute Gasteiger partial charge is 0.491 e. The van der Waals surface area contributed by atoms with Gasteiger partial charge in [0, 0.05) is 10.9 Å². The lowest BCUT2D eigenvalue weighted by molar-refractivity contribution is 0.344. The van der Waals surface area contributed by atoms with E-state index < -0.39 is 0 Å². The smallest absolute Gasteiger partial charge is 0.189 e. The van der Waals surface area contributed by atoms with Gasteiger partial charge in [-0.25, -0.2) is 4.39 Å². The molecule has 0 aliphatic carbocycles. The average molecular weight is 371 g/mol. The van der Waals surface area contributed by atoms with Gasteiger partial charge in [-0.2, -0.15) is 0 Å².